The number of nitrogens with zero attached hydrogens (tertiary/aromatic N) is 2. The third-order valence-corrected chi connectivity index (χ3v) is 5.29. The number of ether oxygens (including phenoxy) is 1. The molecule has 5 nitrogen and oxygen atoms in total. The lowest BCUT2D eigenvalue weighted by molar-refractivity contribution is -0.131. The number of rotatable bonds is 4. The summed E-state index contributed by atoms with van der Waals surface area (Å²) in [6.07, 6.45) is 1.96. The quantitative estimate of drug-likeness (QED) is 0.717. The van der Waals surface area contributed by atoms with E-state index in [0.29, 0.717) is 32.0 Å². The predicted molar refractivity (Wildman–Crippen MR) is 106 cm³/mol. The molecule has 0 saturated carbocycles. The van der Waals surface area contributed by atoms with Crippen molar-refractivity contribution in [1.29, 1.82) is 0 Å². The second-order valence-corrected chi connectivity index (χ2v) is 8.81. The number of benzene rings is 1. The van der Waals surface area contributed by atoms with Crippen molar-refractivity contribution in [2.75, 3.05) is 20.1 Å². The van der Waals surface area contributed by atoms with Gasteiger partial charge in [0.2, 0.25) is 5.91 Å². The molecule has 2 rings (SSSR count). The predicted octanol–water partition coefficient (Wildman–Crippen LogP) is 4.44. The van der Waals surface area contributed by atoms with Crippen LogP contribution in [0.1, 0.15) is 45.6 Å². The molecule has 144 valence electrons. The molecule has 0 aromatic heterocycles. The summed E-state index contributed by atoms with van der Waals surface area (Å²) in [7, 11) is 1.84. The number of likely N-dealkylation sites (tertiary alicyclic amines) is 1. The number of hydrogen-bond acceptors (Lipinski definition) is 3. The molecule has 1 fully saturated rings. The molecule has 0 unspecified atom stereocenters. The summed E-state index contributed by atoms with van der Waals surface area (Å²) < 4.78 is 6.44. The maximum absolute atomic E-state index is 12.5. The fraction of sp³-hybridized carbons (Fsp3) is 0.600. The Labute approximate surface area is 164 Å². The first kappa shape index (κ1) is 20.7. The molecule has 2 amide bonds. The first-order chi connectivity index (χ1) is 12.2. The summed E-state index contributed by atoms with van der Waals surface area (Å²) in [5, 5.41) is 0. The summed E-state index contributed by atoms with van der Waals surface area (Å²) in [4.78, 5) is 28.2. The first-order valence-electron chi connectivity index (χ1n) is 9.11. The second-order valence-electron chi connectivity index (χ2n) is 7.96. The van der Waals surface area contributed by atoms with E-state index in [0.717, 1.165) is 22.9 Å². The van der Waals surface area contributed by atoms with Crippen molar-refractivity contribution in [1.82, 2.24) is 9.80 Å². The van der Waals surface area contributed by atoms with Gasteiger partial charge in [0, 0.05) is 37.6 Å². The monoisotopic (exact) mass is 424 g/mol. The average molecular weight is 425 g/mol. The van der Waals surface area contributed by atoms with E-state index >= 15 is 0 Å². The molecule has 0 N–H and O–H groups in total. The van der Waals surface area contributed by atoms with Gasteiger partial charge in [-0.05, 0) is 51.2 Å². The van der Waals surface area contributed by atoms with Gasteiger partial charge in [-0.1, -0.05) is 34.1 Å². The van der Waals surface area contributed by atoms with Crippen LogP contribution in [0, 0.1) is 5.92 Å². The Bertz CT molecular complexity index is 634. The summed E-state index contributed by atoms with van der Waals surface area (Å²) >= 11 is 3.53. The standard InChI is InChI=1S/C20H29BrN2O3/c1-20(2,3)26-19(25)23-11-9-15(10-12-23)13-18(24)22(4)14-16-7-5-6-8-17(16)21/h5-8,15H,9-14H2,1-4H3. The van der Waals surface area contributed by atoms with Gasteiger partial charge in [0.05, 0.1) is 0 Å². The van der Waals surface area contributed by atoms with E-state index in [1.807, 2.05) is 52.1 Å². The molecule has 0 radical (unpaired) electrons. The maximum Gasteiger partial charge on any atom is 0.410 e. The van der Waals surface area contributed by atoms with Crippen molar-refractivity contribution in [3.63, 3.8) is 0 Å². The van der Waals surface area contributed by atoms with Gasteiger partial charge >= 0.3 is 6.09 Å². The van der Waals surface area contributed by atoms with Gasteiger partial charge in [-0.15, -0.1) is 0 Å². The lowest BCUT2D eigenvalue weighted by atomic mass is 9.93. The molecule has 1 aliphatic rings. The third-order valence-electron chi connectivity index (χ3n) is 4.52. The highest BCUT2D eigenvalue weighted by molar-refractivity contribution is 9.10. The second kappa shape index (κ2) is 8.89. The molecule has 1 aliphatic heterocycles. The Hall–Kier alpha value is -1.56. The molecule has 1 saturated heterocycles. The maximum atomic E-state index is 12.5. The van der Waals surface area contributed by atoms with Crippen molar-refractivity contribution in [3.05, 3.63) is 34.3 Å². The van der Waals surface area contributed by atoms with Crippen LogP contribution in [0.3, 0.4) is 0 Å². The number of amides is 2. The van der Waals surface area contributed by atoms with Gasteiger partial charge in [-0.25, -0.2) is 4.79 Å². The number of hydrogen-bond donors (Lipinski definition) is 0. The van der Waals surface area contributed by atoms with Gasteiger partial charge < -0.3 is 14.5 Å². The number of halogens is 1. The summed E-state index contributed by atoms with van der Waals surface area (Å²) in [6.45, 7) is 7.52. The number of carbonyl (C=O) groups excluding carboxylic acids is 2. The Balaban J connectivity index is 1.79. The molecule has 0 atom stereocenters. The van der Waals surface area contributed by atoms with Gasteiger partial charge in [0.1, 0.15) is 5.60 Å². The van der Waals surface area contributed by atoms with Crippen LogP contribution in [-0.2, 0) is 16.1 Å². The molecule has 0 bridgehead atoms. The zero-order valence-corrected chi connectivity index (χ0v) is 17.7. The summed E-state index contributed by atoms with van der Waals surface area (Å²) in [5.41, 5.74) is 0.626. The van der Waals surface area contributed by atoms with Crippen LogP contribution in [-0.4, -0.2) is 47.5 Å². The zero-order chi connectivity index (χ0) is 19.3. The lowest BCUT2D eigenvalue weighted by Crippen LogP contribution is -2.42. The molecule has 26 heavy (non-hydrogen) atoms. The highest BCUT2D eigenvalue weighted by atomic mass is 79.9. The molecule has 1 aromatic carbocycles. The number of carbonyl (C=O) groups is 2. The van der Waals surface area contributed by atoms with E-state index in [4.69, 9.17) is 4.74 Å². The van der Waals surface area contributed by atoms with Crippen LogP contribution in [0.2, 0.25) is 0 Å². The lowest BCUT2D eigenvalue weighted by Gasteiger charge is -2.33. The van der Waals surface area contributed by atoms with Crippen LogP contribution in [0.4, 0.5) is 4.79 Å². The van der Waals surface area contributed by atoms with E-state index in [2.05, 4.69) is 15.9 Å². The fourth-order valence-electron chi connectivity index (χ4n) is 3.02. The van der Waals surface area contributed by atoms with E-state index in [-0.39, 0.29) is 12.0 Å². The smallest absolute Gasteiger partial charge is 0.410 e. The van der Waals surface area contributed by atoms with Gasteiger partial charge in [0.15, 0.2) is 0 Å². The van der Waals surface area contributed by atoms with E-state index in [1.54, 1.807) is 9.80 Å². The van der Waals surface area contributed by atoms with Crippen molar-refractivity contribution >= 4 is 27.9 Å². The molecule has 1 aromatic rings. The van der Waals surface area contributed by atoms with Crippen molar-refractivity contribution in [2.45, 2.75) is 52.2 Å². The average Bonchev–Trinajstić information content (AvgIpc) is 2.56. The van der Waals surface area contributed by atoms with E-state index in [9.17, 15) is 9.59 Å². The minimum Gasteiger partial charge on any atom is -0.444 e. The van der Waals surface area contributed by atoms with Crippen LogP contribution in [0.5, 0.6) is 0 Å². The van der Waals surface area contributed by atoms with Crippen molar-refractivity contribution in [2.24, 2.45) is 5.92 Å². The van der Waals surface area contributed by atoms with Crippen LogP contribution in [0.15, 0.2) is 28.7 Å². The molecular weight excluding hydrogens is 396 g/mol. The number of piperidine rings is 1. The van der Waals surface area contributed by atoms with Gasteiger partial charge in [0.25, 0.3) is 0 Å². The largest absolute Gasteiger partial charge is 0.444 e. The van der Waals surface area contributed by atoms with Crippen LogP contribution in [0.25, 0.3) is 0 Å². The Morgan fingerprint density at radius 2 is 1.85 bits per heavy atom. The normalized spacial score (nSPS) is 15.7. The van der Waals surface area contributed by atoms with Gasteiger partial charge in [-0.2, -0.15) is 0 Å². The minimum atomic E-state index is -0.474. The van der Waals surface area contributed by atoms with E-state index in [1.165, 1.54) is 0 Å². The summed E-state index contributed by atoms with van der Waals surface area (Å²) in [5.74, 6) is 0.472. The van der Waals surface area contributed by atoms with Crippen molar-refractivity contribution < 1.29 is 14.3 Å². The Kier molecular flexibility index (Phi) is 7.09. The van der Waals surface area contributed by atoms with Crippen LogP contribution < -0.4 is 0 Å². The third kappa shape index (κ3) is 6.31. The van der Waals surface area contributed by atoms with Crippen molar-refractivity contribution in [3.8, 4) is 0 Å². The molecule has 0 spiro atoms. The van der Waals surface area contributed by atoms with Crippen LogP contribution >= 0.6 is 15.9 Å². The fourth-order valence-corrected chi connectivity index (χ4v) is 3.43. The summed E-state index contributed by atoms with van der Waals surface area (Å²) in [6, 6.07) is 7.95. The molecular formula is C20H29BrN2O3. The Morgan fingerprint density at radius 3 is 2.42 bits per heavy atom. The first-order valence-corrected chi connectivity index (χ1v) is 9.90. The minimum absolute atomic E-state index is 0.150. The highest BCUT2D eigenvalue weighted by Gasteiger charge is 2.28. The SMILES string of the molecule is CN(Cc1ccccc1Br)C(=O)CC1CCN(C(=O)OC(C)(C)C)CC1. The zero-order valence-electron chi connectivity index (χ0n) is 16.1. The van der Waals surface area contributed by atoms with E-state index < -0.39 is 5.60 Å². The molecule has 0 aliphatic carbocycles. The Morgan fingerprint density at radius 1 is 1.23 bits per heavy atom. The molecule has 6 heteroatoms. The van der Waals surface area contributed by atoms with Gasteiger partial charge in [-0.3, -0.25) is 4.79 Å². The molecule has 1 heterocycles. The topological polar surface area (TPSA) is 49.9 Å². The highest BCUT2D eigenvalue weighted by Crippen LogP contribution is 2.24.